The number of rotatable bonds is 26. The van der Waals surface area contributed by atoms with Crippen LogP contribution in [0.4, 0.5) is 31.8 Å². The molecular weight excluding hydrogens is 1070 g/mol. The summed E-state index contributed by atoms with van der Waals surface area (Å²) in [5, 5.41) is 27.3. The SMILES string of the molecule is COc1cc2ncnc(Nc3cc(Br)c(F)cc3CC(CCCCCO)C(C)(C)OC(C)(C)C(CCCCCO)Cc3cc(F)c(Br)cc3Nc3ncnc4cc(OC)c(OC(C)=O)cc34)c2cc1OC(C)=O. The molecule has 392 valence electrons. The predicted octanol–water partition coefficient (Wildman–Crippen LogP) is 12.4. The lowest BCUT2D eigenvalue weighted by Crippen LogP contribution is -2.47. The normalized spacial score (nSPS) is 12.7. The van der Waals surface area contributed by atoms with Gasteiger partial charge in [0.05, 0.1) is 45.4 Å². The van der Waals surface area contributed by atoms with Gasteiger partial charge in [-0.1, -0.05) is 25.7 Å². The zero-order valence-electron chi connectivity index (χ0n) is 42.5. The van der Waals surface area contributed by atoms with Crippen LogP contribution in [0.25, 0.3) is 21.8 Å². The van der Waals surface area contributed by atoms with Gasteiger partial charge in [-0.2, -0.15) is 0 Å². The predicted molar refractivity (Wildman–Crippen MR) is 284 cm³/mol. The molecule has 0 radical (unpaired) electrons. The first-order valence-corrected chi connectivity index (χ1v) is 25.8. The van der Waals surface area contributed by atoms with Gasteiger partial charge in [0.25, 0.3) is 0 Å². The molecule has 0 bridgehead atoms. The maximum atomic E-state index is 15.8. The van der Waals surface area contributed by atoms with Gasteiger partial charge >= 0.3 is 11.9 Å². The molecule has 0 aliphatic carbocycles. The smallest absolute Gasteiger partial charge is 0.308 e. The van der Waals surface area contributed by atoms with E-state index in [4.69, 9.17) is 23.7 Å². The first-order chi connectivity index (χ1) is 34.8. The molecule has 0 saturated heterocycles. The molecule has 73 heavy (non-hydrogen) atoms. The van der Waals surface area contributed by atoms with Crippen LogP contribution in [0.5, 0.6) is 23.0 Å². The molecule has 15 nitrogen and oxygen atoms in total. The van der Waals surface area contributed by atoms with Crippen LogP contribution < -0.4 is 29.6 Å². The fourth-order valence-electron chi connectivity index (χ4n) is 9.24. The summed E-state index contributed by atoms with van der Waals surface area (Å²) < 4.78 is 61.3. The monoisotopic (exact) mass is 1140 g/mol. The standard InChI is InChI=1S/C54H64Br2F2N6O9/c1-31(67)71-49-23-37-45(27-47(49)69-7)59-29-61-51(37)63-43-25-39(55)41(57)21-33(43)19-35(15-11-9-13-17-65)53(3,4)73-54(5,6)36(16-12-10-14-18-66)20-34-22-42(58)40(56)26-44(34)64-52-38-24-50(72-32(2)68)48(70-8)28-46(38)60-30-62-52/h21-30,35-36,65-66H,9-20H2,1-8H3,(H,59,61,63)(H,60,62,64). The number of nitrogens with zero attached hydrogens (tertiary/aromatic N) is 4. The third kappa shape index (κ3) is 14.8. The Morgan fingerprint density at radius 2 is 0.986 bits per heavy atom. The average Bonchev–Trinajstić information content (AvgIpc) is 3.33. The first-order valence-electron chi connectivity index (χ1n) is 24.2. The number of carbonyl (C=O) groups is 2. The van der Waals surface area contributed by atoms with Crippen LogP contribution in [-0.4, -0.2) is 80.7 Å². The highest BCUT2D eigenvalue weighted by molar-refractivity contribution is 9.10. The maximum Gasteiger partial charge on any atom is 0.308 e. The molecule has 2 heterocycles. The summed E-state index contributed by atoms with van der Waals surface area (Å²) in [6.45, 7) is 10.9. The minimum atomic E-state index is -0.851. The van der Waals surface area contributed by atoms with Crippen molar-refractivity contribution in [2.75, 3.05) is 38.1 Å². The number of ether oxygens (including phenoxy) is 5. The Hall–Kier alpha value is -5.60. The van der Waals surface area contributed by atoms with E-state index in [1.165, 1.54) is 52.9 Å². The quantitative estimate of drug-likeness (QED) is 0.0227. The summed E-state index contributed by atoms with van der Waals surface area (Å²) in [4.78, 5) is 42.0. The van der Waals surface area contributed by atoms with Crippen molar-refractivity contribution in [3.8, 4) is 23.0 Å². The molecule has 0 fully saturated rings. The first kappa shape index (κ1) is 56.7. The number of carbonyl (C=O) groups excluding carboxylic acids is 2. The molecule has 6 rings (SSSR count). The van der Waals surface area contributed by atoms with E-state index < -0.39 is 34.8 Å². The van der Waals surface area contributed by atoms with Crippen LogP contribution in [0.3, 0.4) is 0 Å². The molecule has 0 aliphatic rings. The second-order valence-corrected chi connectivity index (χ2v) is 20.7. The number of methoxy groups -OCH3 is 2. The highest BCUT2D eigenvalue weighted by atomic mass is 79.9. The number of anilines is 4. The Balaban J connectivity index is 1.36. The van der Waals surface area contributed by atoms with Crippen molar-refractivity contribution in [1.29, 1.82) is 0 Å². The number of halogens is 4. The molecular formula is C54H64Br2F2N6O9. The van der Waals surface area contributed by atoms with Crippen LogP contribution in [0.15, 0.2) is 70.1 Å². The van der Waals surface area contributed by atoms with Crippen LogP contribution in [0, 0.1) is 23.5 Å². The van der Waals surface area contributed by atoms with Crippen LogP contribution in [-0.2, 0) is 27.2 Å². The van der Waals surface area contributed by atoms with E-state index in [2.05, 4.69) is 62.4 Å². The molecule has 4 aromatic carbocycles. The number of aliphatic hydroxyl groups excluding tert-OH is 2. The Labute approximate surface area is 441 Å². The van der Waals surface area contributed by atoms with Crippen molar-refractivity contribution >= 4 is 88.6 Å². The minimum absolute atomic E-state index is 0.0600. The van der Waals surface area contributed by atoms with E-state index in [0.29, 0.717) is 106 Å². The lowest BCUT2D eigenvalue weighted by molar-refractivity contribution is -0.175. The fraction of sp³-hybridized carbons (Fsp3) is 0.444. The van der Waals surface area contributed by atoms with Gasteiger partial charge in [0.1, 0.15) is 35.9 Å². The largest absolute Gasteiger partial charge is 0.493 e. The van der Waals surface area contributed by atoms with Crippen LogP contribution >= 0.6 is 31.9 Å². The summed E-state index contributed by atoms with van der Waals surface area (Å²) >= 11 is 6.79. The number of unbranched alkanes of at least 4 members (excludes halogenated alkanes) is 4. The number of nitrogens with one attached hydrogen (secondary N) is 2. The highest BCUT2D eigenvalue weighted by Gasteiger charge is 2.40. The van der Waals surface area contributed by atoms with E-state index in [9.17, 15) is 19.8 Å². The van der Waals surface area contributed by atoms with Gasteiger partial charge in [-0.15, -0.1) is 0 Å². The molecule has 2 atom stereocenters. The molecule has 2 unspecified atom stereocenters. The van der Waals surface area contributed by atoms with E-state index in [1.54, 1.807) is 36.4 Å². The second-order valence-electron chi connectivity index (χ2n) is 19.0. The van der Waals surface area contributed by atoms with Crippen molar-refractivity contribution in [1.82, 2.24) is 19.9 Å². The summed E-state index contributed by atoms with van der Waals surface area (Å²) in [6.07, 6.45) is 9.21. The molecule has 6 aromatic rings. The van der Waals surface area contributed by atoms with Gasteiger partial charge in [-0.25, -0.2) is 28.7 Å². The zero-order chi connectivity index (χ0) is 53.0. The van der Waals surface area contributed by atoms with E-state index in [0.717, 1.165) is 25.7 Å². The molecule has 0 spiro atoms. The molecule has 0 aliphatic heterocycles. The van der Waals surface area contributed by atoms with Crippen molar-refractivity contribution in [2.24, 2.45) is 11.8 Å². The number of benzene rings is 4. The Morgan fingerprint density at radius 3 is 1.34 bits per heavy atom. The third-order valence-electron chi connectivity index (χ3n) is 13.0. The summed E-state index contributed by atoms with van der Waals surface area (Å²) in [7, 11) is 2.93. The van der Waals surface area contributed by atoms with Gasteiger partial charge in [0.15, 0.2) is 23.0 Å². The van der Waals surface area contributed by atoms with E-state index in [1.807, 2.05) is 27.7 Å². The molecule has 4 N–H and O–H groups in total. The van der Waals surface area contributed by atoms with E-state index >= 15 is 8.78 Å². The van der Waals surface area contributed by atoms with Gasteiger partial charge in [0, 0.05) is 61.3 Å². The lowest BCUT2D eigenvalue weighted by atomic mass is 9.77. The fourth-order valence-corrected chi connectivity index (χ4v) is 9.93. The lowest BCUT2D eigenvalue weighted by Gasteiger charge is -2.45. The number of aliphatic hydroxyl groups is 2. The number of aromatic nitrogens is 4. The number of hydrogen-bond acceptors (Lipinski definition) is 15. The zero-order valence-corrected chi connectivity index (χ0v) is 45.6. The molecule has 2 aromatic heterocycles. The number of hydrogen-bond donors (Lipinski definition) is 4. The number of fused-ring (bicyclic) bond motifs is 2. The summed E-state index contributed by atoms with van der Waals surface area (Å²) in [6, 6.07) is 12.9. The second kappa shape index (κ2) is 25.6. The summed E-state index contributed by atoms with van der Waals surface area (Å²) in [5.74, 6) is -0.599. The van der Waals surface area contributed by atoms with Gasteiger partial charge in [-0.05, 0) is 157 Å². The Bertz CT molecular complexity index is 2720. The van der Waals surface area contributed by atoms with Crippen molar-refractivity contribution in [3.05, 3.63) is 92.9 Å². The third-order valence-corrected chi connectivity index (χ3v) is 14.2. The van der Waals surface area contributed by atoms with Crippen molar-refractivity contribution in [3.63, 3.8) is 0 Å². The maximum absolute atomic E-state index is 15.8. The topological polar surface area (TPSA) is 196 Å². The Morgan fingerprint density at radius 1 is 0.589 bits per heavy atom. The minimum Gasteiger partial charge on any atom is -0.493 e. The highest BCUT2D eigenvalue weighted by Crippen LogP contribution is 2.43. The molecule has 19 heteroatoms. The average molecular weight is 1140 g/mol. The molecule has 0 saturated carbocycles. The molecule has 0 amide bonds. The van der Waals surface area contributed by atoms with Crippen LogP contribution in [0.2, 0.25) is 0 Å². The van der Waals surface area contributed by atoms with Gasteiger partial charge < -0.3 is 44.5 Å². The van der Waals surface area contributed by atoms with Gasteiger partial charge in [-0.3, -0.25) is 9.59 Å². The van der Waals surface area contributed by atoms with E-state index in [-0.39, 0.29) is 45.5 Å². The van der Waals surface area contributed by atoms with Crippen molar-refractivity contribution in [2.45, 2.75) is 117 Å². The summed E-state index contributed by atoms with van der Waals surface area (Å²) in [5.41, 5.74) is 1.79. The van der Waals surface area contributed by atoms with Crippen LogP contribution in [0.1, 0.15) is 104 Å². The Kier molecular flexibility index (Phi) is 19.9. The van der Waals surface area contributed by atoms with Gasteiger partial charge in [0.2, 0.25) is 0 Å². The number of esters is 2. The van der Waals surface area contributed by atoms with Crippen molar-refractivity contribution < 1.29 is 52.3 Å².